The normalized spacial score (nSPS) is 15.7. The number of carbonyl (C=O) groups is 1. The average molecular weight is 450 g/mol. The molecule has 1 aromatic heterocycles. The predicted molar refractivity (Wildman–Crippen MR) is 127 cm³/mol. The van der Waals surface area contributed by atoms with Crippen LogP contribution in [-0.2, 0) is 0 Å². The molecule has 2 aromatic carbocycles. The molecule has 0 saturated carbocycles. The van der Waals surface area contributed by atoms with Crippen molar-refractivity contribution in [2.75, 3.05) is 33.9 Å². The summed E-state index contributed by atoms with van der Waals surface area (Å²) in [7, 11) is 3.30. The number of para-hydroxylation sites is 1. The summed E-state index contributed by atoms with van der Waals surface area (Å²) in [6.45, 7) is 4.73. The minimum absolute atomic E-state index is 0.0190. The number of hydrogen-bond acceptors (Lipinski definition) is 6. The van der Waals surface area contributed by atoms with E-state index in [-0.39, 0.29) is 17.6 Å². The van der Waals surface area contributed by atoms with Gasteiger partial charge in [0, 0.05) is 23.7 Å². The number of methoxy groups -OCH3 is 2. The maximum atomic E-state index is 12.9. The zero-order valence-corrected chi connectivity index (χ0v) is 19.4. The summed E-state index contributed by atoms with van der Waals surface area (Å²) in [6, 6.07) is 17.1. The maximum absolute atomic E-state index is 12.9. The number of amides is 1. The number of likely N-dealkylation sites (tertiary alicyclic amines) is 1. The molecular formula is C26H31N3O4. The highest BCUT2D eigenvalue weighted by Gasteiger charge is 2.27. The van der Waals surface area contributed by atoms with Gasteiger partial charge in [0.2, 0.25) is 0 Å². The van der Waals surface area contributed by atoms with Crippen LogP contribution < -0.4 is 14.8 Å². The first-order valence-electron chi connectivity index (χ1n) is 11.4. The second-order valence-corrected chi connectivity index (χ2v) is 8.49. The molecule has 3 aromatic rings. The van der Waals surface area contributed by atoms with Crippen molar-refractivity contribution in [3.05, 3.63) is 65.9 Å². The number of piperidine rings is 1. The van der Waals surface area contributed by atoms with Crippen molar-refractivity contribution in [1.29, 1.82) is 0 Å². The first kappa shape index (κ1) is 22.9. The zero-order valence-electron chi connectivity index (χ0n) is 19.4. The molecule has 1 fully saturated rings. The molecule has 0 radical (unpaired) electrons. The van der Waals surface area contributed by atoms with Gasteiger partial charge in [-0.3, -0.25) is 9.69 Å². The third-order valence-corrected chi connectivity index (χ3v) is 6.33. The first-order valence-corrected chi connectivity index (χ1v) is 11.4. The van der Waals surface area contributed by atoms with Crippen molar-refractivity contribution >= 4 is 5.91 Å². The van der Waals surface area contributed by atoms with Gasteiger partial charge in [-0.05, 0) is 62.2 Å². The fourth-order valence-electron chi connectivity index (χ4n) is 4.27. The van der Waals surface area contributed by atoms with Crippen LogP contribution in [0.25, 0.3) is 11.3 Å². The van der Waals surface area contributed by atoms with E-state index in [1.807, 2.05) is 42.5 Å². The second kappa shape index (κ2) is 10.5. The molecule has 1 amide bonds. The molecule has 2 heterocycles. The molecule has 7 nitrogen and oxygen atoms in total. The molecule has 1 atom stereocenters. The van der Waals surface area contributed by atoms with Gasteiger partial charge in [0.1, 0.15) is 11.5 Å². The van der Waals surface area contributed by atoms with E-state index in [0.29, 0.717) is 12.3 Å². The molecule has 0 spiro atoms. The van der Waals surface area contributed by atoms with E-state index in [4.69, 9.17) is 14.0 Å². The van der Waals surface area contributed by atoms with Crippen LogP contribution in [0.3, 0.4) is 0 Å². The van der Waals surface area contributed by atoms with Crippen LogP contribution in [0.4, 0.5) is 0 Å². The van der Waals surface area contributed by atoms with Crippen LogP contribution in [0.2, 0.25) is 0 Å². The summed E-state index contributed by atoms with van der Waals surface area (Å²) in [6.07, 6.45) is 2.29. The molecule has 4 rings (SSSR count). The van der Waals surface area contributed by atoms with E-state index < -0.39 is 0 Å². The lowest BCUT2D eigenvalue weighted by molar-refractivity contribution is 0.0902. The second-order valence-electron chi connectivity index (χ2n) is 8.49. The Kier molecular flexibility index (Phi) is 7.29. The van der Waals surface area contributed by atoms with Crippen molar-refractivity contribution in [3.63, 3.8) is 0 Å². The van der Waals surface area contributed by atoms with Gasteiger partial charge in [-0.15, -0.1) is 0 Å². The number of carbonyl (C=O) groups excluding carboxylic acids is 1. The van der Waals surface area contributed by atoms with E-state index in [0.717, 1.165) is 54.5 Å². The molecule has 1 saturated heterocycles. The summed E-state index contributed by atoms with van der Waals surface area (Å²) in [5.74, 6) is 2.59. The lowest BCUT2D eigenvalue weighted by Crippen LogP contribution is -2.42. The third-order valence-electron chi connectivity index (χ3n) is 6.33. The third kappa shape index (κ3) is 5.37. The van der Waals surface area contributed by atoms with E-state index in [2.05, 4.69) is 28.4 Å². The predicted octanol–water partition coefficient (Wildman–Crippen LogP) is 4.56. The van der Waals surface area contributed by atoms with Crippen LogP contribution in [0.1, 0.15) is 41.9 Å². The number of benzene rings is 2. The summed E-state index contributed by atoms with van der Waals surface area (Å²) >= 11 is 0. The number of rotatable bonds is 8. The molecule has 7 heteroatoms. The number of hydrogen-bond donors (Lipinski definition) is 1. The Labute approximate surface area is 194 Å². The van der Waals surface area contributed by atoms with Gasteiger partial charge in [-0.1, -0.05) is 30.3 Å². The topological polar surface area (TPSA) is 76.8 Å². The summed E-state index contributed by atoms with van der Waals surface area (Å²) in [4.78, 5) is 15.3. The highest BCUT2D eigenvalue weighted by molar-refractivity contribution is 5.93. The Balaban J connectivity index is 1.48. The Morgan fingerprint density at radius 1 is 1.12 bits per heavy atom. The Morgan fingerprint density at radius 3 is 2.55 bits per heavy atom. The van der Waals surface area contributed by atoms with Gasteiger partial charge in [0.05, 0.1) is 20.3 Å². The smallest absolute Gasteiger partial charge is 0.273 e. The van der Waals surface area contributed by atoms with Crippen LogP contribution in [0.15, 0.2) is 59.1 Å². The van der Waals surface area contributed by atoms with Crippen LogP contribution in [-0.4, -0.2) is 49.8 Å². The van der Waals surface area contributed by atoms with Crippen molar-refractivity contribution in [3.8, 4) is 22.8 Å². The summed E-state index contributed by atoms with van der Waals surface area (Å²) in [5.41, 5.74) is 2.16. The van der Waals surface area contributed by atoms with Crippen molar-refractivity contribution < 1.29 is 18.8 Å². The molecule has 1 N–H and O–H groups in total. The first-order chi connectivity index (χ1) is 16.1. The molecule has 1 aliphatic heterocycles. The van der Waals surface area contributed by atoms with Crippen molar-refractivity contribution in [2.24, 2.45) is 5.92 Å². The van der Waals surface area contributed by atoms with Crippen LogP contribution >= 0.6 is 0 Å². The summed E-state index contributed by atoms with van der Waals surface area (Å²) in [5, 5.41) is 7.05. The van der Waals surface area contributed by atoms with Gasteiger partial charge in [-0.25, -0.2) is 0 Å². The van der Waals surface area contributed by atoms with E-state index in [1.165, 1.54) is 0 Å². The van der Waals surface area contributed by atoms with Gasteiger partial charge in [0.25, 0.3) is 5.91 Å². The number of ether oxygens (including phenoxy) is 2. The number of nitrogens with one attached hydrogen (secondary N) is 1. The highest BCUT2D eigenvalue weighted by Crippen LogP contribution is 2.32. The van der Waals surface area contributed by atoms with Crippen LogP contribution in [0.5, 0.6) is 11.5 Å². The van der Waals surface area contributed by atoms with Crippen molar-refractivity contribution in [1.82, 2.24) is 15.4 Å². The molecule has 0 aliphatic carbocycles. The molecular weight excluding hydrogens is 418 g/mol. The summed E-state index contributed by atoms with van der Waals surface area (Å²) < 4.78 is 16.2. The molecule has 0 bridgehead atoms. The standard InChI is InChI=1S/C26H31N3O4/c1-18-12-14-29(15-13-18)23(21-6-4-5-7-24(21)32-3)17-27-26(30)22-16-25(33-28-22)19-8-10-20(31-2)11-9-19/h4-11,16,18,23H,12-15,17H2,1-3H3,(H,27,30)/t23-/m0/s1. The lowest BCUT2D eigenvalue weighted by Gasteiger charge is -2.37. The van der Waals surface area contributed by atoms with E-state index >= 15 is 0 Å². The van der Waals surface area contributed by atoms with Crippen molar-refractivity contribution in [2.45, 2.75) is 25.8 Å². The largest absolute Gasteiger partial charge is 0.497 e. The Morgan fingerprint density at radius 2 is 1.85 bits per heavy atom. The molecule has 33 heavy (non-hydrogen) atoms. The zero-order chi connectivity index (χ0) is 23.2. The minimum atomic E-state index is -0.260. The minimum Gasteiger partial charge on any atom is -0.497 e. The van der Waals surface area contributed by atoms with Gasteiger partial charge >= 0.3 is 0 Å². The quantitative estimate of drug-likeness (QED) is 0.543. The SMILES string of the molecule is COc1ccc(-c2cc(C(=O)NC[C@@H](c3ccccc3OC)N3CCC(C)CC3)no2)cc1. The Hall–Kier alpha value is -3.32. The lowest BCUT2D eigenvalue weighted by atomic mass is 9.95. The van der Waals surface area contributed by atoms with Crippen LogP contribution in [0, 0.1) is 5.92 Å². The number of nitrogens with zero attached hydrogens (tertiary/aromatic N) is 2. The number of aromatic nitrogens is 1. The fourth-order valence-corrected chi connectivity index (χ4v) is 4.27. The fraction of sp³-hybridized carbons (Fsp3) is 0.385. The van der Waals surface area contributed by atoms with Gasteiger partial charge in [-0.2, -0.15) is 0 Å². The van der Waals surface area contributed by atoms with Gasteiger partial charge in [0.15, 0.2) is 11.5 Å². The average Bonchev–Trinajstić information content (AvgIpc) is 3.36. The van der Waals surface area contributed by atoms with E-state index in [9.17, 15) is 4.79 Å². The molecule has 174 valence electrons. The van der Waals surface area contributed by atoms with E-state index in [1.54, 1.807) is 20.3 Å². The Bertz CT molecular complexity index is 1060. The van der Waals surface area contributed by atoms with Gasteiger partial charge < -0.3 is 19.3 Å². The monoisotopic (exact) mass is 449 g/mol. The maximum Gasteiger partial charge on any atom is 0.273 e. The molecule has 1 aliphatic rings. The highest BCUT2D eigenvalue weighted by atomic mass is 16.5. The molecule has 0 unspecified atom stereocenters.